The van der Waals surface area contributed by atoms with Gasteiger partial charge in [-0.2, -0.15) is 12.6 Å². The third-order valence-corrected chi connectivity index (χ3v) is 11.0. The molecule has 5 aliphatic rings. The van der Waals surface area contributed by atoms with Crippen molar-refractivity contribution in [1.29, 1.82) is 0 Å². The summed E-state index contributed by atoms with van der Waals surface area (Å²) in [5.41, 5.74) is 9.52. The molecular formula is C43H38N4O6S. The Bertz CT molecular complexity index is 2360. The molecule has 0 spiro atoms. The van der Waals surface area contributed by atoms with E-state index in [0.717, 1.165) is 45.7 Å². The van der Waals surface area contributed by atoms with Crippen LogP contribution in [0.1, 0.15) is 44.6 Å². The van der Waals surface area contributed by atoms with Gasteiger partial charge in [0.25, 0.3) is 11.8 Å². The molecule has 2 atom stereocenters. The van der Waals surface area contributed by atoms with Gasteiger partial charge in [0, 0.05) is 48.3 Å². The number of carbonyl (C=O) groups is 2. The molecule has 1 unspecified atom stereocenters. The molecule has 4 aliphatic heterocycles. The zero-order valence-corrected chi connectivity index (χ0v) is 30.8. The minimum atomic E-state index is -0.433. The van der Waals surface area contributed by atoms with E-state index >= 15 is 0 Å². The number of rotatable bonds is 9. The van der Waals surface area contributed by atoms with Crippen molar-refractivity contribution in [3.63, 3.8) is 0 Å². The Kier molecular flexibility index (Phi) is 8.68. The van der Waals surface area contributed by atoms with Gasteiger partial charge >= 0.3 is 0 Å². The fourth-order valence-electron chi connectivity index (χ4n) is 8.05. The topological polar surface area (TPSA) is 102 Å². The molecule has 1 N–H and O–H groups in total. The molecule has 0 fully saturated rings. The van der Waals surface area contributed by atoms with Gasteiger partial charge in [-0.25, -0.2) is 4.99 Å². The standard InChI is InChI=1S/C43H38N4O6S/c1-50-38-16-32-34(44-20-30-14-28-7-3-5-9-36(28)46(30)42(32)48)18-40(38)52-22-25-11-26(13-27(12-25)24-54)23-53-41-19-35-33(17-39(41)51-2)43(49)47-31(21-45-35)15-29-8-4-6-10-37(29)47/h3-13,16-18,30,35,44,54H,14-15,19-20,22-24H2,1-2H3/t30-,35?/m0/s1. The average molecular weight is 739 g/mol. The van der Waals surface area contributed by atoms with Crippen LogP contribution < -0.4 is 24.6 Å². The van der Waals surface area contributed by atoms with Crippen LogP contribution in [-0.4, -0.2) is 50.5 Å². The van der Waals surface area contributed by atoms with Crippen molar-refractivity contribution in [1.82, 2.24) is 0 Å². The van der Waals surface area contributed by atoms with Crippen LogP contribution in [0.15, 0.2) is 113 Å². The average Bonchev–Trinajstić information content (AvgIpc) is 3.70. The maximum absolute atomic E-state index is 13.9. The number of allylic oxidation sites excluding steroid dienone is 2. The van der Waals surface area contributed by atoms with Gasteiger partial charge in [0.15, 0.2) is 17.3 Å². The van der Waals surface area contributed by atoms with Gasteiger partial charge < -0.3 is 29.2 Å². The Hall–Kier alpha value is -5.90. The minimum absolute atomic E-state index is 0.0280. The van der Waals surface area contributed by atoms with E-state index in [4.69, 9.17) is 23.9 Å². The number of anilines is 3. The number of ether oxygens (including phenoxy) is 4. The molecule has 4 aromatic carbocycles. The van der Waals surface area contributed by atoms with Crippen molar-refractivity contribution < 1.29 is 28.5 Å². The normalized spacial score (nSPS) is 19.2. The van der Waals surface area contributed by atoms with Gasteiger partial charge in [-0.15, -0.1) is 0 Å². The molecule has 0 saturated carbocycles. The third-order valence-electron chi connectivity index (χ3n) is 10.6. The largest absolute Gasteiger partial charge is 0.493 e. The van der Waals surface area contributed by atoms with Crippen molar-refractivity contribution in [2.24, 2.45) is 4.99 Å². The van der Waals surface area contributed by atoms with E-state index in [-0.39, 0.29) is 31.1 Å². The fourth-order valence-corrected chi connectivity index (χ4v) is 8.24. The highest BCUT2D eigenvalue weighted by atomic mass is 32.1. The lowest BCUT2D eigenvalue weighted by molar-refractivity contribution is -0.114. The second-order valence-electron chi connectivity index (χ2n) is 13.9. The van der Waals surface area contributed by atoms with E-state index in [2.05, 4.69) is 42.0 Å². The Balaban J connectivity index is 0.924. The number of amides is 2. The third kappa shape index (κ3) is 5.90. The molecule has 0 radical (unpaired) electrons. The van der Waals surface area contributed by atoms with Crippen LogP contribution in [0.3, 0.4) is 0 Å². The van der Waals surface area contributed by atoms with Crippen molar-refractivity contribution in [2.45, 2.75) is 50.3 Å². The van der Waals surface area contributed by atoms with Crippen molar-refractivity contribution in [2.75, 3.05) is 35.9 Å². The van der Waals surface area contributed by atoms with Gasteiger partial charge in [-0.1, -0.05) is 48.5 Å². The molecule has 4 aromatic rings. The predicted octanol–water partition coefficient (Wildman–Crippen LogP) is 6.93. The second-order valence-corrected chi connectivity index (χ2v) is 14.2. The Morgan fingerprint density at radius 2 is 1.57 bits per heavy atom. The molecule has 4 heterocycles. The fraction of sp³-hybridized carbons (Fsp3) is 0.256. The number of nitrogens with one attached hydrogen (secondary N) is 1. The van der Waals surface area contributed by atoms with Crippen LogP contribution in [0, 0.1) is 0 Å². The summed E-state index contributed by atoms with van der Waals surface area (Å²) in [6.45, 7) is 1.14. The smallest absolute Gasteiger partial charge is 0.261 e. The van der Waals surface area contributed by atoms with Gasteiger partial charge in [0.2, 0.25) is 0 Å². The van der Waals surface area contributed by atoms with Crippen LogP contribution in [0.4, 0.5) is 17.1 Å². The molecular weight excluding hydrogens is 701 g/mol. The monoisotopic (exact) mass is 738 g/mol. The highest BCUT2D eigenvalue weighted by Crippen LogP contribution is 2.42. The quantitative estimate of drug-likeness (QED) is 0.180. The Morgan fingerprint density at radius 1 is 0.833 bits per heavy atom. The number of nitrogens with zero attached hydrogens (tertiary/aromatic N) is 3. The molecule has 10 nitrogen and oxygen atoms in total. The summed E-state index contributed by atoms with van der Waals surface area (Å²) in [6.07, 6.45) is 3.54. The van der Waals surface area contributed by atoms with Gasteiger partial charge in [0.1, 0.15) is 19.0 Å². The highest BCUT2D eigenvalue weighted by Gasteiger charge is 2.39. The van der Waals surface area contributed by atoms with Crippen LogP contribution in [0.5, 0.6) is 11.5 Å². The number of para-hydroxylation sites is 2. The first kappa shape index (κ1) is 33.9. The maximum atomic E-state index is 13.9. The molecule has 11 heteroatoms. The zero-order valence-electron chi connectivity index (χ0n) is 29.9. The number of aliphatic imine (C=N–C) groups is 1. The summed E-state index contributed by atoms with van der Waals surface area (Å²) in [4.78, 5) is 36.0. The molecule has 1 aliphatic carbocycles. The van der Waals surface area contributed by atoms with Crippen LogP contribution in [-0.2, 0) is 46.1 Å². The summed E-state index contributed by atoms with van der Waals surface area (Å²) in [5.74, 6) is 5.66. The first-order valence-corrected chi connectivity index (χ1v) is 18.6. The predicted molar refractivity (Wildman–Crippen MR) is 210 cm³/mol. The van der Waals surface area contributed by atoms with Crippen molar-refractivity contribution >= 4 is 47.4 Å². The molecule has 9 rings (SSSR count). The Labute approximate surface area is 318 Å². The van der Waals surface area contributed by atoms with E-state index in [9.17, 15) is 9.59 Å². The summed E-state index contributed by atoms with van der Waals surface area (Å²) in [6, 6.07) is 25.3. The molecule has 0 bridgehead atoms. The number of carbonyl (C=O) groups excluding carboxylic acids is 2. The lowest BCUT2D eigenvalue weighted by Gasteiger charge is -2.25. The number of fused-ring (bicyclic) bond motifs is 8. The van der Waals surface area contributed by atoms with Crippen molar-refractivity contribution in [3.05, 3.63) is 141 Å². The first-order valence-electron chi connectivity index (χ1n) is 18.0. The minimum Gasteiger partial charge on any atom is -0.493 e. The molecule has 272 valence electrons. The number of hydrogen-bond acceptors (Lipinski definition) is 9. The molecule has 0 saturated heterocycles. The van der Waals surface area contributed by atoms with Gasteiger partial charge in [-0.3, -0.25) is 14.5 Å². The highest BCUT2D eigenvalue weighted by molar-refractivity contribution is 7.79. The zero-order chi connectivity index (χ0) is 36.9. The number of hydrogen-bond donors (Lipinski definition) is 2. The number of methoxy groups -OCH3 is 2. The van der Waals surface area contributed by atoms with Crippen LogP contribution in [0.2, 0.25) is 0 Å². The molecule has 54 heavy (non-hydrogen) atoms. The van der Waals surface area contributed by atoms with E-state index in [1.165, 1.54) is 5.56 Å². The van der Waals surface area contributed by atoms with Crippen molar-refractivity contribution in [3.8, 4) is 11.5 Å². The molecule has 0 aromatic heterocycles. The van der Waals surface area contributed by atoms with Gasteiger partial charge in [0.05, 0.1) is 48.9 Å². The second kappa shape index (κ2) is 13.8. The Morgan fingerprint density at radius 3 is 2.35 bits per heavy atom. The summed E-state index contributed by atoms with van der Waals surface area (Å²) >= 11 is 4.57. The van der Waals surface area contributed by atoms with Crippen LogP contribution in [0.25, 0.3) is 0 Å². The summed E-state index contributed by atoms with van der Waals surface area (Å²) < 4.78 is 24.3. The van der Waals surface area contributed by atoms with E-state index in [1.807, 2.05) is 59.5 Å². The first-order chi connectivity index (χ1) is 26.4. The van der Waals surface area contributed by atoms with Gasteiger partial charge in [-0.05, 0) is 64.6 Å². The molecule has 2 amide bonds. The lowest BCUT2D eigenvalue weighted by atomic mass is 9.95. The lowest BCUT2D eigenvalue weighted by Crippen LogP contribution is -2.39. The van der Waals surface area contributed by atoms with E-state index in [0.29, 0.717) is 65.0 Å². The number of thiol groups is 1. The summed E-state index contributed by atoms with van der Waals surface area (Å²) in [5, 5.41) is 3.50. The van der Waals surface area contributed by atoms with Crippen LogP contribution >= 0.6 is 12.6 Å². The SMILES string of the molecule is COC1=C(OCc2cc(CS)cc(COc3cc4c(cc3OC)C(=O)N3c5ccccc5C[C@H]3CN4)c2)CC2N=C=C3Cc4ccccc4N3C(=O)C2=C1. The number of benzene rings is 4. The summed E-state index contributed by atoms with van der Waals surface area (Å²) in [7, 11) is 3.16. The van der Waals surface area contributed by atoms with E-state index < -0.39 is 6.04 Å². The van der Waals surface area contributed by atoms with E-state index in [1.54, 1.807) is 31.3 Å². The maximum Gasteiger partial charge on any atom is 0.261 e.